The van der Waals surface area contributed by atoms with Crippen LogP contribution in [0, 0.1) is 12.3 Å². The van der Waals surface area contributed by atoms with Crippen molar-refractivity contribution in [1.82, 2.24) is 0 Å². The molecule has 96 valence electrons. The predicted molar refractivity (Wildman–Crippen MR) is 70.3 cm³/mol. The summed E-state index contributed by atoms with van der Waals surface area (Å²) >= 11 is 0. The molecule has 0 aromatic heterocycles. The van der Waals surface area contributed by atoms with Gasteiger partial charge in [-0.2, -0.15) is 0 Å². The molecular weight excluding hydrogens is 228 g/mol. The van der Waals surface area contributed by atoms with E-state index in [2.05, 4.69) is 5.92 Å². The molecule has 0 aliphatic rings. The first kappa shape index (κ1) is 14.3. The third kappa shape index (κ3) is 4.60. The Balaban J connectivity index is 2.77. The maximum atomic E-state index is 11.1. The Bertz CT molecular complexity index is 446. The molecule has 0 radical (unpaired) electrons. The summed E-state index contributed by atoms with van der Waals surface area (Å²) in [7, 11) is 0. The van der Waals surface area contributed by atoms with Crippen molar-refractivity contribution in [2.24, 2.45) is 0 Å². The number of carbonyl (C=O) groups is 1. The third-order valence-corrected chi connectivity index (χ3v) is 2.31. The van der Waals surface area contributed by atoms with Crippen molar-refractivity contribution in [2.45, 2.75) is 38.9 Å². The molecule has 1 rings (SSSR count). The van der Waals surface area contributed by atoms with Gasteiger partial charge in [-0.15, -0.1) is 6.42 Å². The van der Waals surface area contributed by atoms with Crippen molar-refractivity contribution in [3.8, 4) is 12.3 Å². The minimum absolute atomic E-state index is 0.331. The topological polar surface area (TPSA) is 46.5 Å². The molecule has 0 fully saturated rings. The van der Waals surface area contributed by atoms with Gasteiger partial charge in [0.2, 0.25) is 0 Å². The van der Waals surface area contributed by atoms with Crippen molar-refractivity contribution in [2.75, 3.05) is 0 Å². The number of aliphatic carboxylic acids is 1. The van der Waals surface area contributed by atoms with E-state index in [4.69, 9.17) is 16.3 Å². The summed E-state index contributed by atoms with van der Waals surface area (Å²) in [6, 6.07) is 7.25. The molecule has 1 atom stereocenters. The van der Waals surface area contributed by atoms with E-state index in [0.717, 1.165) is 11.1 Å². The van der Waals surface area contributed by atoms with Crippen molar-refractivity contribution >= 4 is 5.97 Å². The number of hydrogen-bond acceptors (Lipinski definition) is 2. The monoisotopic (exact) mass is 246 g/mol. The van der Waals surface area contributed by atoms with Crippen molar-refractivity contribution < 1.29 is 14.6 Å². The Kier molecular flexibility index (Phi) is 4.52. The van der Waals surface area contributed by atoms with Gasteiger partial charge in [-0.05, 0) is 38.5 Å². The van der Waals surface area contributed by atoms with Gasteiger partial charge in [-0.25, -0.2) is 4.79 Å². The van der Waals surface area contributed by atoms with Gasteiger partial charge < -0.3 is 9.84 Å². The zero-order chi connectivity index (χ0) is 13.8. The number of hydrogen-bond donors (Lipinski definition) is 1. The first-order valence-corrected chi connectivity index (χ1v) is 5.78. The molecule has 1 aromatic carbocycles. The van der Waals surface area contributed by atoms with Crippen LogP contribution in [0.2, 0.25) is 0 Å². The van der Waals surface area contributed by atoms with E-state index < -0.39 is 17.7 Å². The van der Waals surface area contributed by atoms with Crippen LogP contribution in [-0.4, -0.2) is 22.8 Å². The molecule has 0 amide bonds. The Hall–Kier alpha value is -1.79. The van der Waals surface area contributed by atoms with Crippen LogP contribution in [0.25, 0.3) is 0 Å². The molecule has 0 bridgehead atoms. The van der Waals surface area contributed by atoms with Gasteiger partial charge in [0.15, 0.2) is 6.10 Å². The minimum atomic E-state index is -0.953. The molecule has 0 saturated heterocycles. The van der Waals surface area contributed by atoms with Crippen molar-refractivity contribution in [3.05, 3.63) is 35.4 Å². The summed E-state index contributed by atoms with van der Waals surface area (Å²) in [6.07, 6.45) is 4.75. The largest absolute Gasteiger partial charge is 0.479 e. The SMILES string of the molecule is C#Cc1ccc(CC(OC(C)(C)C)C(=O)O)cc1. The van der Waals surface area contributed by atoms with Gasteiger partial charge >= 0.3 is 5.97 Å². The van der Waals surface area contributed by atoms with Gasteiger partial charge in [0.05, 0.1) is 5.60 Å². The van der Waals surface area contributed by atoms with E-state index in [0.29, 0.717) is 6.42 Å². The Morgan fingerprint density at radius 1 is 1.39 bits per heavy atom. The second kappa shape index (κ2) is 5.70. The number of rotatable bonds is 4. The summed E-state index contributed by atoms with van der Waals surface area (Å²) in [4.78, 5) is 11.1. The summed E-state index contributed by atoms with van der Waals surface area (Å²) in [6.45, 7) is 5.51. The van der Waals surface area contributed by atoms with Crippen LogP contribution in [0.3, 0.4) is 0 Å². The maximum absolute atomic E-state index is 11.1. The molecule has 3 heteroatoms. The lowest BCUT2D eigenvalue weighted by Crippen LogP contribution is -2.34. The summed E-state index contributed by atoms with van der Waals surface area (Å²) in [5, 5.41) is 9.14. The first-order valence-electron chi connectivity index (χ1n) is 5.78. The highest BCUT2D eigenvalue weighted by Gasteiger charge is 2.24. The van der Waals surface area contributed by atoms with Crippen molar-refractivity contribution in [1.29, 1.82) is 0 Å². The summed E-state index contributed by atoms with van der Waals surface area (Å²) < 4.78 is 5.52. The molecule has 1 N–H and O–H groups in total. The fraction of sp³-hybridized carbons (Fsp3) is 0.400. The highest BCUT2D eigenvalue weighted by Crippen LogP contribution is 2.15. The molecule has 0 heterocycles. The first-order chi connectivity index (χ1) is 8.31. The summed E-state index contributed by atoms with van der Waals surface area (Å²) in [5.74, 6) is 1.57. The zero-order valence-corrected chi connectivity index (χ0v) is 10.9. The third-order valence-electron chi connectivity index (χ3n) is 2.31. The standard InChI is InChI=1S/C15H18O3/c1-5-11-6-8-12(9-7-11)10-13(14(16)17)18-15(2,3)4/h1,6-9,13H,10H2,2-4H3,(H,16,17). The van der Waals surface area contributed by atoms with Gasteiger partial charge in [-0.3, -0.25) is 0 Å². The average molecular weight is 246 g/mol. The number of ether oxygens (including phenoxy) is 1. The zero-order valence-electron chi connectivity index (χ0n) is 10.9. The number of benzene rings is 1. The molecule has 0 aliphatic heterocycles. The molecular formula is C15H18O3. The van der Waals surface area contributed by atoms with Crippen LogP contribution in [0.1, 0.15) is 31.9 Å². The highest BCUT2D eigenvalue weighted by molar-refractivity contribution is 5.72. The second-order valence-corrected chi connectivity index (χ2v) is 5.10. The molecule has 0 aliphatic carbocycles. The van der Waals surface area contributed by atoms with E-state index >= 15 is 0 Å². The van der Waals surface area contributed by atoms with Crippen LogP contribution in [0.15, 0.2) is 24.3 Å². The fourth-order valence-electron chi connectivity index (χ4n) is 1.56. The van der Waals surface area contributed by atoms with Crippen molar-refractivity contribution in [3.63, 3.8) is 0 Å². The van der Waals surface area contributed by atoms with E-state index in [1.807, 2.05) is 32.9 Å². The van der Waals surface area contributed by atoms with Gasteiger partial charge in [0, 0.05) is 12.0 Å². The maximum Gasteiger partial charge on any atom is 0.333 e. The quantitative estimate of drug-likeness (QED) is 0.830. The number of carboxylic acids is 1. The van der Waals surface area contributed by atoms with E-state index in [-0.39, 0.29) is 0 Å². The molecule has 18 heavy (non-hydrogen) atoms. The number of carboxylic acid groups (broad SMARTS) is 1. The summed E-state index contributed by atoms with van der Waals surface area (Å²) in [5.41, 5.74) is 1.19. The van der Waals surface area contributed by atoms with Gasteiger partial charge in [-0.1, -0.05) is 18.1 Å². The van der Waals surface area contributed by atoms with E-state index in [1.165, 1.54) is 0 Å². The Morgan fingerprint density at radius 3 is 2.33 bits per heavy atom. The lowest BCUT2D eigenvalue weighted by Gasteiger charge is -2.25. The molecule has 3 nitrogen and oxygen atoms in total. The van der Waals surface area contributed by atoms with Gasteiger partial charge in [0.25, 0.3) is 0 Å². The fourth-order valence-corrected chi connectivity index (χ4v) is 1.56. The highest BCUT2D eigenvalue weighted by atomic mass is 16.5. The average Bonchev–Trinajstić information content (AvgIpc) is 2.27. The molecule has 0 saturated carbocycles. The lowest BCUT2D eigenvalue weighted by molar-refractivity contribution is -0.159. The number of terminal acetylenes is 1. The predicted octanol–water partition coefficient (Wildman–Crippen LogP) is 2.48. The van der Waals surface area contributed by atoms with Crippen LogP contribution in [0.4, 0.5) is 0 Å². The van der Waals surface area contributed by atoms with Gasteiger partial charge in [0.1, 0.15) is 0 Å². The molecule has 0 spiro atoms. The lowest BCUT2D eigenvalue weighted by atomic mass is 10.0. The van der Waals surface area contributed by atoms with E-state index in [9.17, 15) is 4.79 Å². The van der Waals surface area contributed by atoms with Crippen LogP contribution < -0.4 is 0 Å². The molecule has 1 unspecified atom stereocenters. The smallest absolute Gasteiger partial charge is 0.333 e. The van der Waals surface area contributed by atoms with Crippen LogP contribution in [-0.2, 0) is 16.0 Å². The Morgan fingerprint density at radius 2 is 1.94 bits per heavy atom. The second-order valence-electron chi connectivity index (χ2n) is 5.10. The normalized spacial score (nSPS) is 12.8. The van der Waals surface area contributed by atoms with E-state index in [1.54, 1.807) is 12.1 Å². The van der Waals surface area contributed by atoms with Crippen LogP contribution in [0.5, 0.6) is 0 Å². The Labute approximate surface area is 108 Å². The van der Waals surface area contributed by atoms with Crippen LogP contribution >= 0.6 is 0 Å². The molecule has 1 aromatic rings. The minimum Gasteiger partial charge on any atom is -0.479 e.